The number of ether oxygens (including phenoxy) is 1. The number of nitrogen functional groups attached to an aromatic ring is 1. The zero-order valence-corrected chi connectivity index (χ0v) is 12.5. The van der Waals surface area contributed by atoms with Crippen LogP contribution in [0.25, 0.3) is 0 Å². The lowest BCUT2D eigenvalue weighted by atomic mass is 10.0. The fourth-order valence-electron chi connectivity index (χ4n) is 2.37. The molecule has 0 aliphatic rings. The normalized spacial score (nSPS) is 11.8. The highest BCUT2D eigenvalue weighted by Crippen LogP contribution is 2.25. The van der Waals surface area contributed by atoms with Gasteiger partial charge in [-0.05, 0) is 31.5 Å². The number of carbonyl (C=O) groups is 1. The lowest BCUT2D eigenvalue weighted by molar-refractivity contribution is 0.0940. The molecule has 0 saturated heterocycles. The smallest absolute Gasteiger partial charge is 0.254 e. The number of hydrogen-bond acceptors (Lipinski definition) is 3. The van der Waals surface area contributed by atoms with Crippen LogP contribution >= 0.6 is 0 Å². The van der Waals surface area contributed by atoms with Gasteiger partial charge in [0.15, 0.2) is 0 Å². The fraction of sp³-hybridized carbons (Fsp3) is 0.235. The molecule has 0 heterocycles. The summed E-state index contributed by atoms with van der Waals surface area (Å²) in [5.74, 6) is 0.576. The van der Waals surface area contributed by atoms with E-state index in [4.69, 9.17) is 10.5 Å². The third-order valence-corrected chi connectivity index (χ3v) is 3.49. The number of rotatable bonds is 4. The van der Waals surface area contributed by atoms with E-state index in [0.29, 0.717) is 11.3 Å². The number of hydrogen-bond donors (Lipinski definition) is 2. The minimum Gasteiger partial charge on any atom is -0.496 e. The molecule has 4 heteroatoms. The Morgan fingerprint density at radius 3 is 2.57 bits per heavy atom. The fourth-order valence-corrected chi connectivity index (χ4v) is 2.37. The van der Waals surface area contributed by atoms with Crippen LogP contribution in [0.5, 0.6) is 5.75 Å². The van der Waals surface area contributed by atoms with E-state index in [1.165, 1.54) is 0 Å². The first-order valence-corrected chi connectivity index (χ1v) is 6.83. The van der Waals surface area contributed by atoms with Crippen LogP contribution in [0.1, 0.15) is 34.5 Å². The first kappa shape index (κ1) is 14.9. The van der Waals surface area contributed by atoms with Gasteiger partial charge in [0.05, 0.1) is 18.7 Å². The summed E-state index contributed by atoms with van der Waals surface area (Å²) in [4.78, 5) is 12.4. The number of anilines is 1. The van der Waals surface area contributed by atoms with Crippen LogP contribution in [0.2, 0.25) is 0 Å². The standard InChI is InChI=1S/C17H20N2O2/c1-11-7-6-9-14(18)16(11)17(20)19-12(2)13-8-4-5-10-15(13)21-3/h4-10,12H,18H2,1-3H3,(H,19,20). The van der Waals surface area contributed by atoms with Crippen LogP contribution in [0.3, 0.4) is 0 Å². The van der Waals surface area contributed by atoms with E-state index in [1.54, 1.807) is 13.2 Å². The van der Waals surface area contributed by atoms with Gasteiger partial charge >= 0.3 is 0 Å². The number of benzene rings is 2. The summed E-state index contributed by atoms with van der Waals surface area (Å²) in [6.45, 7) is 3.79. The van der Waals surface area contributed by atoms with Gasteiger partial charge in [-0.1, -0.05) is 30.3 Å². The van der Waals surface area contributed by atoms with E-state index in [9.17, 15) is 4.79 Å². The third kappa shape index (κ3) is 3.16. The van der Waals surface area contributed by atoms with E-state index in [0.717, 1.165) is 16.9 Å². The quantitative estimate of drug-likeness (QED) is 0.848. The van der Waals surface area contributed by atoms with Gasteiger partial charge in [-0.3, -0.25) is 4.79 Å². The van der Waals surface area contributed by atoms with Gasteiger partial charge in [0.2, 0.25) is 0 Å². The molecule has 0 aliphatic carbocycles. The average Bonchev–Trinajstić information content (AvgIpc) is 2.46. The summed E-state index contributed by atoms with van der Waals surface area (Å²) in [6.07, 6.45) is 0. The van der Waals surface area contributed by atoms with Crippen molar-refractivity contribution in [2.75, 3.05) is 12.8 Å². The summed E-state index contributed by atoms with van der Waals surface area (Å²) in [5.41, 5.74) is 8.71. The van der Waals surface area contributed by atoms with Gasteiger partial charge in [0.1, 0.15) is 5.75 Å². The molecule has 1 atom stereocenters. The topological polar surface area (TPSA) is 64.3 Å². The zero-order valence-electron chi connectivity index (χ0n) is 12.5. The summed E-state index contributed by atoms with van der Waals surface area (Å²) in [6, 6.07) is 12.9. The molecule has 0 aromatic heterocycles. The Morgan fingerprint density at radius 2 is 1.90 bits per heavy atom. The number of nitrogens with two attached hydrogens (primary N) is 1. The average molecular weight is 284 g/mol. The Morgan fingerprint density at radius 1 is 1.19 bits per heavy atom. The van der Waals surface area contributed by atoms with E-state index in [1.807, 2.05) is 50.2 Å². The lowest BCUT2D eigenvalue weighted by Crippen LogP contribution is -2.28. The van der Waals surface area contributed by atoms with E-state index in [2.05, 4.69) is 5.32 Å². The maximum atomic E-state index is 12.4. The van der Waals surface area contributed by atoms with Crippen molar-refractivity contribution >= 4 is 11.6 Å². The molecule has 21 heavy (non-hydrogen) atoms. The summed E-state index contributed by atoms with van der Waals surface area (Å²) in [5, 5.41) is 2.97. The second-order valence-corrected chi connectivity index (χ2v) is 4.98. The molecule has 0 bridgehead atoms. The lowest BCUT2D eigenvalue weighted by Gasteiger charge is -2.18. The van der Waals surface area contributed by atoms with Gasteiger partial charge < -0.3 is 15.8 Å². The Hall–Kier alpha value is -2.49. The van der Waals surface area contributed by atoms with Crippen LogP contribution in [0.15, 0.2) is 42.5 Å². The van der Waals surface area contributed by atoms with Crippen LogP contribution < -0.4 is 15.8 Å². The van der Waals surface area contributed by atoms with Gasteiger partial charge in [0, 0.05) is 11.3 Å². The molecule has 3 N–H and O–H groups in total. The SMILES string of the molecule is COc1ccccc1C(C)NC(=O)c1c(C)cccc1N. The van der Waals surface area contributed by atoms with Gasteiger partial charge in [-0.15, -0.1) is 0 Å². The summed E-state index contributed by atoms with van der Waals surface area (Å²) < 4.78 is 5.33. The summed E-state index contributed by atoms with van der Waals surface area (Å²) >= 11 is 0. The molecule has 4 nitrogen and oxygen atoms in total. The van der Waals surface area contributed by atoms with Crippen LogP contribution in [0, 0.1) is 6.92 Å². The minimum absolute atomic E-state index is 0.173. The number of aryl methyl sites for hydroxylation is 1. The second-order valence-electron chi connectivity index (χ2n) is 4.98. The molecule has 110 valence electrons. The number of amides is 1. The van der Waals surface area contributed by atoms with E-state index in [-0.39, 0.29) is 11.9 Å². The van der Waals surface area contributed by atoms with Crippen molar-refractivity contribution in [1.82, 2.24) is 5.32 Å². The van der Waals surface area contributed by atoms with Crippen molar-refractivity contribution < 1.29 is 9.53 Å². The molecule has 0 fully saturated rings. The van der Waals surface area contributed by atoms with Crippen molar-refractivity contribution in [1.29, 1.82) is 0 Å². The van der Waals surface area contributed by atoms with Crippen molar-refractivity contribution in [2.24, 2.45) is 0 Å². The van der Waals surface area contributed by atoms with E-state index >= 15 is 0 Å². The maximum absolute atomic E-state index is 12.4. The Labute approximate surface area is 124 Å². The molecule has 0 spiro atoms. The van der Waals surface area contributed by atoms with Gasteiger partial charge in [0.25, 0.3) is 5.91 Å². The first-order valence-electron chi connectivity index (χ1n) is 6.83. The molecule has 0 saturated carbocycles. The highest BCUT2D eigenvalue weighted by molar-refractivity contribution is 6.00. The Kier molecular flexibility index (Phi) is 4.48. The summed E-state index contributed by atoms with van der Waals surface area (Å²) in [7, 11) is 1.62. The predicted molar refractivity (Wildman–Crippen MR) is 84.5 cm³/mol. The molecular weight excluding hydrogens is 264 g/mol. The largest absolute Gasteiger partial charge is 0.496 e. The molecule has 1 unspecified atom stereocenters. The van der Waals surface area contributed by atoms with Crippen molar-refractivity contribution in [3.05, 3.63) is 59.2 Å². The molecule has 0 aliphatic heterocycles. The Balaban J connectivity index is 2.23. The minimum atomic E-state index is -0.177. The van der Waals surface area contributed by atoms with Gasteiger partial charge in [-0.25, -0.2) is 0 Å². The zero-order chi connectivity index (χ0) is 15.4. The van der Waals surface area contributed by atoms with Crippen LogP contribution in [0.4, 0.5) is 5.69 Å². The van der Waals surface area contributed by atoms with E-state index < -0.39 is 0 Å². The first-order chi connectivity index (χ1) is 10.0. The van der Waals surface area contributed by atoms with Crippen molar-refractivity contribution in [3.63, 3.8) is 0 Å². The third-order valence-electron chi connectivity index (χ3n) is 3.49. The molecular formula is C17H20N2O2. The molecule has 2 aromatic carbocycles. The molecule has 2 rings (SSSR count). The second kappa shape index (κ2) is 6.31. The molecule has 2 aromatic rings. The molecule has 0 radical (unpaired) electrons. The van der Waals surface area contributed by atoms with Crippen molar-refractivity contribution in [2.45, 2.75) is 19.9 Å². The van der Waals surface area contributed by atoms with Crippen molar-refractivity contribution in [3.8, 4) is 5.75 Å². The number of methoxy groups -OCH3 is 1. The Bertz CT molecular complexity index is 633. The maximum Gasteiger partial charge on any atom is 0.254 e. The highest BCUT2D eigenvalue weighted by Gasteiger charge is 2.17. The van der Waals surface area contributed by atoms with Crippen LogP contribution in [-0.2, 0) is 0 Å². The number of carbonyl (C=O) groups excluding carboxylic acids is 1. The molecule has 1 amide bonds. The van der Waals surface area contributed by atoms with Crippen LogP contribution in [-0.4, -0.2) is 13.0 Å². The van der Waals surface area contributed by atoms with Gasteiger partial charge in [-0.2, -0.15) is 0 Å². The number of nitrogens with one attached hydrogen (secondary N) is 1. The highest BCUT2D eigenvalue weighted by atomic mass is 16.5. The monoisotopic (exact) mass is 284 g/mol. The predicted octanol–water partition coefficient (Wildman–Crippen LogP) is 3.08. The number of para-hydroxylation sites is 1.